The summed E-state index contributed by atoms with van der Waals surface area (Å²) in [5.41, 5.74) is 0.123. The van der Waals surface area contributed by atoms with Crippen molar-refractivity contribution in [1.82, 2.24) is 19.6 Å². The van der Waals surface area contributed by atoms with Crippen LogP contribution in [0.15, 0.2) is 17.2 Å². The van der Waals surface area contributed by atoms with Crippen LogP contribution in [0.2, 0.25) is 0 Å². The van der Waals surface area contributed by atoms with Crippen molar-refractivity contribution >= 4 is 18.1 Å². The molecular formula is C6H7ClN4O. The standard InChI is InChI=1S/C6H6N4O.ClH/c1-4-8-9-5-6(11)7-2-3-10(4)5;/h2-3H,1H3,(H,7,11);1H. The highest BCUT2D eigenvalue weighted by Crippen LogP contribution is 1.93. The molecule has 0 amide bonds. The number of halogens is 1. The summed E-state index contributed by atoms with van der Waals surface area (Å²) in [6.45, 7) is 1.79. The lowest BCUT2D eigenvalue weighted by atomic mass is 10.6. The molecule has 0 fully saturated rings. The van der Waals surface area contributed by atoms with Crippen LogP contribution in [0.25, 0.3) is 5.65 Å². The van der Waals surface area contributed by atoms with Crippen LogP contribution in [0.1, 0.15) is 5.82 Å². The molecule has 6 heteroatoms. The third-order valence-electron chi connectivity index (χ3n) is 1.51. The topological polar surface area (TPSA) is 63.0 Å². The fourth-order valence-electron chi connectivity index (χ4n) is 0.955. The molecule has 0 unspecified atom stereocenters. The molecule has 0 saturated carbocycles. The van der Waals surface area contributed by atoms with E-state index in [0.717, 1.165) is 0 Å². The Kier molecular flexibility index (Phi) is 2.14. The minimum absolute atomic E-state index is 0. The summed E-state index contributed by atoms with van der Waals surface area (Å²) in [5, 5.41) is 7.44. The van der Waals surface area contributed by atoms with Gasteiger partial charge >= 0.3 is 0 Å². The Morgan fingerprint density at radius 1 is 1.50 bits per heavy atom. The predicted octanol–water partition coefficient (Wildman–Crippen LogP) is 0.148. The van der Waals surface area contributed by atoms with E-state index in [1.165, 1.54) is 0 Å². The number of aromatic amines is 1. The summed E-state index contributed by atoms with van der Waals surface area (Å²) < 4.78 is 1.64. The van der Waals surface area contributed by atoms with E-state index in [4.69, 9.17) is 0 Å². The third kappa shape index (κ3) is 1.08. The molecule has 12 heavy (non-hydrogen) atoms. The van der Waals surface area contributed by atoms with Crippen molar-refractivity contribution in [1.29, 1.82) is 0 Å². The van der Waals surface area contributed by atoms with E-state index in [9.17, 15) is 4.79 Å². The van der Waals surface area contributed by atoms with Crippen LogP contribution in [0.5, 0.6) is 0 Å². The zero-order valence-electron chi connectivity index (χ0n) is 6.31. The molecule has 2 heterocycles. The molecule has 1 N–H and O–H groups in total. The van der Waals surface area contributed by atoms with E-state index in [1.54, 1.807) is 23.7 Å². The van der Waals surface area contributed by atoms with E-state index in [1.807, 2.05) is 0 Å². The summed E-state index contributed by atoms with van der Waals surface area (Å²) >= 11 is 0. The number of aromatic nitrogens is 4. The van der Waals surface area contributed by atoms with E-state index >= 15 is 0 Å². The molecule has 2 aromatic rings. The highest BCUT2D eigenvalue weighted by molar-refractivity contribution is 5.85. The third-order valence-corrected chi connectivity index (χ3v) is 1.51. The number of aryl methyl sites for hydroxylation is 1. The van der Waals surface area contributed by atoms with Gasteiger partial charge in [0.2, 0.25) is 5.65 Å². The molecule has 0 aromatic carbocycles. The lowest BCUT2D eigenvalue weighted by Crippen LogP contribution is -2.08. The minimum atomic E-state index is -0.215. The summed E-state index contributed by atoms with van der Waals surface area (Å²) in [6, 6.07) is 0. The Bertz CT molecular complexity index is 446. The first kappa shape index (κ1) is 8.73. The van der Waals surface area contributed by atoms with Crippen molar-refractivity contribution in [3.8, 4) is 0 Å². The van der Waals surface area contributed by atoms with Crippen LogP contribution >= 0.6 is 12.4 Å². The molecule has 0 bridgehead atoms. The average molecular weight is 187 g/mol. The number of fused-ring (bicyclic) bond motifs is 1. The van der Waals surface area contributed by atoms with Gasteiger partial charge in [-0.05, 0) is 6.92 Å². The first-order valence-electron chi connectivity index (χ1n) is 3.18. The van der Waals surface area contributed by atoms with Gasteiger partial charge in [-0.3, -0.25) is 9.20 Å². The average Bonchev–Trinajstić information content (AvgIpc) is 2.35. The van der Waals surface area contributed by atoms with Gasteiger partial charge in [0.25, 0.3) is 5.56 Å². The van der Waals surface area contributed by atoms with Gasteiger partial charge in [-0.15, -0.1) is 22.6 Å². The lowest BCUT2D eigenvalue weighted by molar-refractivity contribution is 0.999. The fraction of sp³-hybridized carbons (Fsp3) is 0.167. The van der Waals surface area contributed by atoms with Crippen molar-refractivity contribution in [2.45, 2.75) is 6.92 Å². The Morgan fingerprint density at radius 3 is 2.92 bits per heavy atom. The van der Waals surface area contributed by atoms with Crippen LogP contribution in [0.3, 0.4) is 0 Å². The number of nitrogens with one attached hydrogen (secondary N) is 1. The van der Waals surface area contributed by atoms with Crippen LogP contribution < -0.4 is 5.56 Å². The molecular weight excluding hydrogens is 180 g/mol. The highest BCUT2D eigenvalue weighted by Gasteiger charge is 2.01. The predicted molar refractivity (Wildman–Crippen MR) is 45.6 cm³/mol. The molecule has 0 atom stereocenters. The number of nitrogens with zero attached hydrogens (tertiary/aromatic N) is 3. The van der Waals surface area contributed by atoms with Crippen LogP contribution in [0, 0.1) is 6.92 Å². The quantitative estimate of drug-likeness (QED) is 0.637. The second-order valence-corrected chi connectivity index (χ2v) is 2.23. The number of rotatable bonds is 0. The van der Waals surface area contributed by atoms with Crippen molar-refractivity contribution in [3.63, 3.8) is 0 Å². The molecule has 0 aliphatic carbocycles. The summed E-state index contributed by atoms with van der Waals surface area (Å²) in [6.07, 6.45) is 3.28. The molecule has 0 spiro atoms. The maximum atomic E-state index is 11.0. The van der Waals surface area contributed by atoms with E-state index in [-0.39, 0.29) is 18.0 Å². The Morgan fingerprint density at radius 2 is 2.25 bits per heavy atom. The molecule has 64 valence electrons. The van der Waals surface area contributed by atoms with Gasteiger partial charge in [-0.25, -0.2) is 0 Å². The maximum absolute atomic E-state index is 11.0. The first-order valence-corrected chi connectivity index (χ1v) is 3.18. The first-order chi connectivity index (χ1) is 5.29. The molecule has 5 nitrogen and oxygen atoms in total. The van der Waals surface area contributed by atoms with Gasteiger partial charge < -0.3 is 4.98 Å². The van der Waals surface area contributed by atoms with Crippen molar-refractivity contribution in [2.24, 2.45) is 0 Å². The van der Waals surface area contributed by atoms with Crippen LogP contribution in [-0.4, -0.2) is 19.6 Å². The normalized spacial score (nSPS) is 9.75. The van der Waals surface area contributed by atoms with Crippen molar-refractivity contribution in [3.05, 3.63) is 28.6 Å². The Hall–Kier alpha value is -1.36. The second-order valence-electron chi connectivity index (χ2n) is 2.23. The minimum Gasteiger partial charge on any atom is -0.324 e. The van der Waals surface area contributed by atoms with Crippen LogP contribution in [-0.2, 0) is 0 Å². The smallest absolute Gasteiger partial charge is 0.293 e. The molecule has 0 saturated heterocycles. The zero-order chi connectivity index (χ0) is 7.84. The zero-order valence-corrected chi connectivity index (χ0v) is 7.13. The van der Waals surface area contributed by atoms with Gasteiger partial charge in [0, 0.05) is 12.4 Å². The molecule has 2 aromatic heterocycles. The van der Waals surface area contributed by atoms with Crippen molar-refractivity contribution in [2.75, 3.05) is 0 Å². The molecule has 2 rings (SSSR count). The van der Waals surface area contributed by atoms with Crippen LogP contribution in [0.4, 0.5) is 0 Å². The fourth-order valence-corrected chi connectivity index (χ4v) is 0.955. The maximum Gasteiger partial charge on any atom is 0.293 e. The summed E-state index contributed by atoms with van der Waals surface area (Å²) in [7, 11) is 0. The van der Waals surface area contributed by atoms with Gasteiger partial charge in [0.1, 0.15) is 5.82 Å². The number of H-pyrrole nitrogens is 1. The van der Waals surface area contributed by atoms with Gasteiger partial charge in [-0.1, -0.05) is 0 Å². The highest BCUT2D eigenvalue weighted by atomic mass is 35.5. The Balaban J connectivity index is 0.000000720. The second kappa shape index (κ2) is 2.94. The number of hydrogen-bond donors (Lipinski definition) is 1. The van der Waals surface area contributed by atoms with Gasteiger partial charge in [0.05, 0.1) is 0 Å². The molecule has 0 radical (unpaired) electrons. The SMILES string of the molecule is Cc1nnc2c(=O)[nH]ccn12.Cl. The van der Waals surface area contributed by atoms with Crippen molar-refractivity contribution < 1.29 is 0 Å². The van der Waals surface area contributed by atoms with Gasteiger partial charge in [0.15, 0.2) is 0 Å². The summed E-state index contributed by atoms with van der Waals surface area (Å²) in [5.74, 6) is 0.714. The summed E-state index contributed by atoms with van der Waals surface area (Å²) in [4.78, 5) is 13.5. The molecule has 0 aliphatic heterocycles. The number of hydrogen-bond acceptors (Lipinski definition) is 3. The monoisotopic (exact) mass is 186 g/mol. The molecule has 0 aliphatic rings. The van der Waals surface area contributed by atoms with Gasteiger partial charge in [-0.2, -0.15) is 0 Å². The lowest BCUT2D eigenvalue weighted by Gasteiger charge is -1.89. The largest absolute Gasteiger partial charge is 0.324 e. The van der Waals surface area contributed by atoms with E-state index in [2.05, 4.69) is 15.2 Å². The Labute approximate surface area is 73.9 Å². The van der Waals surface area contributed by atoms with E-state index in [0.29, 0.717) is 11.5 Å². The van der Waals surface area contributed by atoms with E-state index < -0.39 is 0 Å².